The van der Waals surface area contributed by atoms with E-state index in [9.17, 15) is 0 Å². The SMILES string of the molecule is CCNC(CSc1ccccc1Br)C1CCOC1. The largest absolute Gasteiger partial charge is 0.381 e. The number of nitrogens with one attached hydrogen (secondary N) is 1. The first-order valence-corrected chi connectivity index (χ1v) is 8.27. The van der Waals surface area contributed by atoms with Gasteiger partial charge in [0.05, 0.1) is 6.61 Å². The summed E-state index contributed by atoms with van der Waals surface area (Å²) in [6, 6.07) is 8.97. The van der Waals surface area contributed by atoms with Crippen LogP contribution >= 0.6 is 27.7 Å². The predicted octanol–water partition coefficient (Wildman–Crippen LogP) is 3.56. The molecule has 2 unspecified atom stereocenters. The lowest BCUT2D eigenvalue weighted by atomic mass is 10.0. The van der Waals surface area contributed by atoms with Crippen LogP contribution in [0.4, 0.5) is 0 Å². The third-order valence-electron chi connectivity index (χ3n) is 3.26. The fourth-order valence-electron chi connectivity index (χ4n) is 2.24. The second kappa shape index (κ2) is 7.53. The lowest BCUT2D eigenvalue weighted by Crippen LogP contribution is -2.38. The van der Waals surface area contributed by atoms with Crippen LogP contribution < -0.4 is 5.32 Å². The Kier molecular flexibility index (Phi) is 6.02. The molecule has 1 heterocycles. The van der Waals surface area contributed by atoms with Gasteiger partial charge in [-0.05, 0) is 41.0 Å². The molecule has 0 spiro atoms. The minimum atomic E-state index is 0.551. The number of ether oxygens (including phenoxy) is 1. The maximum Gasteiger partial charge on any atom is 0.0510 e. The number of hydrogen-bond donors (Lipinski definition) is 1. The molecule has 2 rings (SSSR count). The van der Waals surface area contributed by atoms with Crippen LogP contribution in [0, 0.1) is 5.92 Å². The Balaban J connectivity index is 1.91. The highest BCUT2D eigenvalue weighted by Gasteiger charge is 2.25. The van der Waals surface area contributed by atoms with E-state index in [4.69, 9.17) is 4.74 Å². The van der Waals surface area contributed by atoms with Gasteiger partial charge in [0.2, 0.25) is 0 Å². The second-order valence-electron chi connectivity index (χ2n) is 4.53. The fraction of sp³-hybridized carbons (Fsp3) is 0.571. The summed E-state index contributed by atoms with van der Waals surface area (Å²) in [7, 11) is 0. The van der Waals surface area contributed by atoms with Crippen LogP contribution in [0.25, 0.3) is 0 Å². The third kappa shape index (κ3) is 3.98. The molecule has 1 aromatic rings. The summed E-state index contributed by atoms with van der Waals surface area (Å²) in [6.07, 6.45) is 1.19. The highest BCUT2D eigenvalue weighted by atomic mass is 79.9. The van der Waals surface area contributed by atoms with Gasteiger partial charge in [-0.3, -0.25) is 0 Å². The Labute approximate surface area is 122 Å². The average molecular weight is 330 g/mol. The molecule has 100 valence electrons. The maximum absolute atomic E-state index is 5.50. The predicted molar refractivity (Wildman–Crippen MR) is 81.3 cm³/mol. The molecule has 0 radical (unpaired) electrons. The van der Waals surface area contributed by atoms with E-state index in [1.54, 1.807) is 0 Å². The molecule has 0 aliphatic carbocycles. The molecule has 1 aromatic carbocycles. The van der Waals surface area contributed by atoms with Crippen molar-refractivity contribution >= 4 is 27.7 Å². The van der Waals surface area contributed by atoms with Crippen molar-refractivity contribution in [2.45, 2.75) is 24.3 Å². The van der Waals surface area contributed by atoms with Gasteiger partial charge in [-0.2, -0.15) is 0 Å². The number of benzene rings is 1. The number of hydrogen-bond acceptors (Lipinski definition) is 3. The molecule has 1 aliphatic rings. The molecule has 0 aromatic heterocycles. The Hall–Kier alpha value is -0.0300. The minimum absolute atomic E-state index is 0.551. The van der Waals surface area contributed by atoms with Crippen LogP contribution in [0.5, 0.6) is 0 Å². The molecule has 18 heavy (non-hydrogen) atoms. The van der Waals surface area contributed by atoms with Crippen LogP contribution in [-0.2, 0) is 4.74 Å². The van der Waals surface area contributed by atoms with Gasteiger partial charge in [-0.25, -0.2) is 0 Å². The summed E-state index contributed by atoms with van der Waals surface area (Å²) >= 11 is 5.52. The lowest BCUT2D eigenvalue weighted by molar-refractivity contribution is 0.179. The molecule has 1 aliphatic heterocycles. The van der Waals surface area contributed by atoms with Crippen molar-refractivity contribution in [1.29, 1.82) is 0 Å². The zero-order valence-corrected chi connectivity index (χ0v) is 13.1. The van der Waals surface area contributed by atoms with E-state index in [2.05, 4.69) is 52.4 Å². The van der Waals surface area contributed by atoms with Crippen LogP contribution in [0.2, 0.25) is 0 Å². The topological polar surface area (TPSA) is 21.3 Å². The summed E-state index contributed by atoms with van der Waals surface area (Å²) < 4.78 is 6.69. The van der Waals surface area contributed by atoms with Gasteiger partial charge < -0.3 is 10.1 Å². The van der Waals surface area contributed by atoms with E-state index in [1.807, 2.05) is 11.8 Å². The van der Waals surface area contributed by atoms with Gasteiger partial charge in [-0.15, -0.1) is 11.8 Å². The average Bonchev–Trinajstić information content (AvgIpc) is 2.90. The van der Waals surface area contributed by atoms with Gasteiger partial charge >= 0.3 is 0 Å². The molecule has 0 bridgehead atoms. The van der Waals surface area contributed by atoms with Gasteiger partial charge in [0.1, 0.15) is 0 Å². The fourth-order valence-corrected chi connectivity index (χ4v) is 3.99. The standard InChI is InChI=1S/C14H20BrNOS/c1-2-16-13(11-7-8-17-9-11)10-18-14-6-4-3-5-12(14)15/h3-6,11,13,16H,2,7-10H2,1H3. The Morgan fingerprint density at radius 3 is 3.00 bits per heavy atom. The first kappa shape index (κ1) is 14.4. The summed E-state index contributed by atoms with van der Waals surface area (Å²) in [5.74, 6) is 1.77. The van der Waals surface area contributed by atoms with Crippen molar-refractivity contribution < 1.29 is 4.74 Å². The molecule has 1 fully saturated rings. The van der Waals surface area contributed by atoms with Gasteiger partial charge in [-0.1, -0.05) is 19.1 Å². The van der Waals surface area contributed by atoms with Gasteiger partial charge in [0.25, 0.3) is 0 Å². The van der Waals surface area contributed by atoms with E-state index >= 15 is 0 Å². The second-order valence-corrected chi connectivity index (χ2v) is 6.45. The van der Waals surface area contributed by atoms with Crippen molar-refractivity contribution in [3.05, 3.63) is 28.7 Å². The third-order valence-corrected chi connectivity index (χ3v) is 5.40. The molecular weight excluding hydrogens is 310 g/mol. The number of thioether (sulfide) groups is 1. The highest BCUT2D eigenvalue weighted by molar-refractivity contribution is 9.10. The molecule has 2 atom stereocenters. The quantitative estimate of drug-likeness (QED) is 0.806. The Bertz CT molecular complexity index is 369. The zero-order chi connectivity index (χ0) is 12.8. The first-order valence-electron chi connectivity index (χ1n) is 6.49. The van der Waals surface area contributed by atoms with Crippen LogP contribution in [-0.4, -0.2) is 31.6 Å². The summed E-state index contributed by atoms with van der Waals surface area (Å²) in [4.78, 5) is 1.32. The van der Waals surface area contributed by atoms with Crippen molar-refractivity contribution in [2.24, 2.45) is 5.92 Å². The van der Waals surface area contributed by atoms with Crippen LogP contribution in [0.1, 0.15) is 13.3 Å². The summed E-state index contributed by atoms with van der Waals surface area (Å²) in [5, 5.41) is 3.60. The van der Waals surface area contributed by atoms with E-state index in [-0.39, 0.29) is 0 Å². The van der Waals surface area contributed by atoms with E-state index in [1.165, 1.54) is 15.8 Å². The van der Waals surface area contributed by atoms with Gasteiger partial charge in [0, 0.05) is 33.7 Å². The molecular formula is C14H20BrNOS. The van der Waals surface area contributed by atoms with E-state index in [0.717, 1.165) is 25.5 Å². The molecule has 2 nitrogen and oxygen atoms in total. The Morgan fingerprint density at radius 1 is 1.50 bits per heavy atom. The van der Waals surface area contributed by atoms with Crippen LogP contribution in [0.3, 0.4) is 0 Å². The van der Waals surface area contributed by atoms with Crippen LogP contribution in [0.15, 0.2) is 33.6 Å². The summed E-state index contributed by atoms with van der Waals surface area (Å²) in [5.41, 5.74) is 0. The van der Waals surface area contributed by atoms with Crippen molar-refractivity contribution in [3.8, 4) is 0 Å². The summed E-state index contributed by atoms with van der Waals surface area (Å²) in [6.45, 7) is 5.03. The first-order chi connectivity index (χ1) is 8.81. The Morgan fingerprint density at radius 2 is 2.33 bits per heavy atom. The molecule has 0 saturated carbocycles. The molecule has 0 amide bonds. The zero-order valence-electron chi connectivity index (χ0n) is 10.7. The van der Waals surface area contributed by atoms with Gasteiger partial charge in [0.15, 0.2) is 0 Å². The normalized spacial score (nSPS) is 21.1. The lowest BCUT2D eigenvalue weighted by Gasteiger charge is -2.23. The number of halogens is 1. The van der Waals surface area contributed by atoms with E-state index in [0.29, 0.717) is 12.0 Å². The van der Waals surface area contributed by atoms with Crippen molar-refractivity contribution in [3.63, 3.8) is 0 Å². The minimum Gasteiger partial charge on any atom is -0.381 e. The maximum atomic E-state index is 5.50. The van der Waals surface area contributed by atoms with Crippen molar-refractivity contribution in [1.82, 2.24) is 5.32 Å². The molecule has 4 heteroatoms. The highest BCUT2D eigenvalue weighted by Crippen LogP contribution is 2.29. The molecule has 1 saturated heterocycles. The number of rotatable bonds is 6. The smallest absolute Gasteiger partial charge is 0.0510 e. The van der Waals surface area contributed by atoms with E-state index < -0.39 is 0 Å². The van der Waals surface area contributed by atoms with Crippen molar-refractivity contribution in [2.75, 3.05) is 25.5 Å². The molecule has 1 N–H and O–H groups in total. The monoisotopic (exact) mass is 329 g/mol.